The molecule has 2 saturated carbocycles. The number of benzene rings is 2. The van der Waals surface area contributed by atoms with Crippen molar-refractivity contribution < 1.29 is 19.1 Å². The molecule has 5 fully saturated rings. The van der Waals surface area contributed by atoms with Crippen LogP contribution in [-0.2, 0) is 39.1 Å². The summed E-state index contributed by atoms with van der Waals surface area (Å²) in [6.45, 7) is 7.77. The van der Waals surface area contributed by atoms with E-state index in [9.17, 15) is 4.79 Å². The lowest BCUT2D eigenvalue weighted by Gasteiger charge is -2.72. The molecule has 12 atom stereocenters. The maximum absolute atomic E-state index is 16.1. The van der Waals surface area contributed by atoms with E-state index in [1.807, 2.05) is 0 Å². The number of carbonyl (C=O) groups excluding carboxylic acids is 2. The Morgan fingerprint density at radius 1 is 0.841 bits per heavy atom. The lowest BCUT2D eigenvalue weighted by molar-refractivity contribution is -0.278. The number of ether oxygens (including phenoxy) is 2. The molecule has 0 aromatic heterocycles. The average Bonchev–Trinajstić information content (AvgIpc) is 3.73. The van der Waals surface area contributed by atoms with Gasteiger partial charge in [0.2, 0.25) is 0 Å². The maximum atomic E-state index is 16.1. The second kappa shape index (κ2) is 14.7. The second-order valence-electron chi connectivity index (χ2n) is 22.7. The van der Waals surface area contributed by atoms with E-state index < -0.39 is 16.4 Å². The summed E-state index contributed by atoms with van der Waals surface area (Å²) in [5.41, 5.74) is 13.8. The first-order valence-corrected chi connectivity index (χ1v) is 25.8. The summed E-state index contributed by atoms with van der Waals surface area (Å²) in [6, 6.07) is 16.5. The monoisotopic (exact) mass is 848 g/mol. The largest absolute Gasteiger partial charge is 0.449 e. The van der Waals surface area contributed by atoms with Gasteiger partial charge in [-0.3, -0.25) is 9.69 Å². The highest BCUT2D eigenvalue weighted by Gasteiger charge is 2.92. The Balaban J connectivity index is 1.08. The van der Waals surface area contributed by atoms with Crippen LogP contribution in [0.4, 0.5) is 0 Å². The van der Waals surface area contributed by atoms with E-state index >= 15 is 4.79 Å². The third kappa shape index (κ3) is 5.33. The fraction of sp³-hybridized carbons (Fsp3) is 0.643. The number of allylic oxidation sites excluding steroid dienone is 2. The minimum Gasteiger partial charge on any atom is -0.449 e. The zero-order chi connectivity index (χ0) is 42.2. The molecule has 63 heavy (non-hydrogen) atoms. The van der Waals surface area contributed by atoms with E-state index in [1.165, 1.54) is 68.3 Å². The van der Waals surface area contributed by atoms with E-state index in [4.69, 9.17) is 15.2 Å². The Bertz CT molecular complexity index is 2330. The molecule has 7 heteroatoms. The van der Waals surface area contributed by atoms with Crippen molar-refractivity contribution in [3.8, 4) is 0 Å². The van der Waals surface area contributed by atoms with Crippen LogP contribution in [0.2, 0.25) is 0 Å². The van der Waals surface area contributed by atoms with E-state index in [2.05, 4.69) is 71.3 Å². The summed E-state index contributed by atoms with van der Waals surface area (Å²) in [7, 11) is 0. The molecular weight excluding hydrogens is 779 g/mol. The molecule has 7 nitrogen and oxygen atoms in total. The van der Waals surface area contributed by atoms with Crippen LogP contribution in [0.25, 0.3) is 0 Å². The van der Waals surface area contributed by atoms with Gasteiger partial charge in [0, 0.05) is 55.3 Å². The molecule has 16 rings (SSSR count). The molecule has 6 aliphatic carbocycles. The number of fused-ring (bicyclic) bond motifs is 7. The highest BCUT2D eigenvalue weighted by Crippen LogP contribution is 2.87. The number of rotatable bonds is 4. The van der Waals surface area contributed by atoms with E-state index in [0.29, 0.717) is 54.0 Å². The molecule has 8 heterocycles. The van der Waals surface area contributed by atoms with Gasteiger partial charge >= 0.3 is 11.9 Å². The van der Waals surface area contributed by atoms with Gasteiger partial charge in [-0.15, -0.1) is 0 Å². The Kier molecular flexibility index (Phi) is 9.23. The van der Waals surface area contributed by atoms with Crippen LogP contribution in [0, 0.1) is 58.2 Å². The lowest BCUT2D eigenvalue weighted by atomic mass is 9.28. The number of esters is 2. The van der Waals surface area contributed by atoms with Crippen LogP contribution in [0.3, 0.4) is 0 Å². The third-order valence-corrected chi connectivity index (χ3v) is 19.9. The fourth-order valence-electron chi connectivity index (χ4n) is 17.9. The number of aryl methyl sites for hydroxylation is 2. The second-order valence-corrected chi connectivity index (χ2v) is 22.7. The van der Waals surface area contributed by atoms with Gasteiger partial charge < -0.3 is 20.1 Å². The molecule has 14 aliphatic rings. The van der Waals surface area contributed by atoms with Crippen LogP contribution in [0.5, 0.6) is 0 Å². The summed E-state index contributed by atoms with van der Waals surface area (Å²) in [4.78, 5) is 36.8. The van der Waals surface area contributed by atoms with Gasteiger partial charge in [-0.25, -0.2) is 4.79 Å². The van der Waals surface area contributed by atoms with Crippen molar-refractivity contribution in [1.29, 1.82) is 0 Å². The fourth-order valence-corrected chi connectivity index (χ4v) is 17.9. The predicted molar refractivity (Wildman–Crippen MR) is 244 cm³/mol. The number of piperidine rings is 2. The number of nitrogens with zero attached hydrogens (tertiary/aromatic N) is 2. The Morgan fingerprint density at radius 3 is 2.49 bits per heavy atom. The van der Waals surface area contributed by atoms with Crippen molar-refractivity contribution in [2.24, 2.45) is 63.9 Å². The Morgan fingerprint density at radius 2 is 1.65 bits per heavy atom. The van der Waals surface area contributed by atoms with Crippen LogP contribution in [-0.4, -0.2) is 60.5 Å². The molecule has 3 spiro atoms. The highest BCUT2D eigenvalue weighted by atomic mass is 16.6. The zero-order valence-corrected chi connectivity index (χ0v) is 37.8. The van der Waals surface area contributed by atoms with Gasteiger partial charge in [-0.1, -0.05) is 92.3 Å². The van der Waals surface area contributed by atoms with Crippen LogP contribution in [0.15, 0.2) is 77.2 Å². The minimum absolute atomic E-state index is 0.0363. The van der Waals surface area contributed by atoms with Gasteiger partial charge in [0.25, 0.3) is 0 Å². The number of nitrogens with two attached hydrogens (primary N) is 1. The van der Waals surface area contributed by atoms with Crippen molar-refractivity contribution in [3.63, 3.8) is 0 Å². The zero-order valence-electron chi connectivity index (χ0n) is 37.8. The van der Waals surface area contributed by atoms with Crippen molar-refractivity contribution in [1.82, 2.24) is 9.80 Å². The molecule has 2 aromatic carbocycles. The predicted octanol–water partition coefficient (Wildman–Crippen LogP) is 9.83. The van der Waals surface area contributed by atoms with Crippen molar-refractivity contribution in [2.75, 3.05) is 32.7 Å². The summed E-state index contributed by atoms with van der Waals surface area (Å²) >= 11 is 0. The molecule has 0 radical (unpaired) electrons. The molecule has 1 unspecified atom stereocenters. The molecular formula is C56H69N3O4. The van der Waals surface area contributed by atoms with Crippen molar-refractivity contribution in [3.05, 3.63) is 105 Å². The summed E-state index contributed by atoms with van der Waals surface area (Å²) in [6.07, 6.45) is 24.1. The van der Waals surface area contributed by atoms with Crippen molar-refractivity contribution in [2.45, 2.75) is 134 Å². The van der Waals surface area contributed by atoms with Gasteiger partial charge in [0.1, 0.15) is 11.2 Å². The van der Waals surface area contributed by atoms with Gasteiger partial charge in [0.05, 0.1) is 11.0 Å². The number of carbonyl (C=O) groups is 2. The summed E-state index contributed by atoms with van der Waals surface area (Å²) in [5, 5.41) is 0. The smallest absolute Gasteiger partial charge is 0.339 e. The van der Waals surface area contributed by atoms with E-state index in [1.54, 1.807) is 11.3 Å². The quantitative estimate of drug-likeness (QED) is 0.242. The van der Waals surface area contributed by atoms with Gasteiger partial charge in [0.15, 0.2) is 5.60 Å². The summed E-state index contributed by atoms with van der Waals surface area (Å²) in [5.74, 6) is 4.19. The number of hydrogen-bond acceptors (Lipinski definition) is 7. The van der Waals surface area contributed by atoms with Crippen LogP contribution >= 0.6 is 0 Å². The first kappa shape index (κ1) is 39.7. The molecule has 2 aromatic rings. The van der Waals surface area contributed by atoms with Gasteiger partial charge in [-0.05, 0) is 155 Å². The maximum Gasteiger partial charge on any atom is 0.339 e. The Hall–Kier alpha value is -3.68. The highest BCUT2D eigenvalue weighted by molar-refractivity contribution is 6.00. The number of hydrogen-bond donors (Lipinski definition) is 1. The van der Waals surface area contributed by atoms with E-state index in [-0.39, 0.29) is 17.9 Å². The first-order valence-electron chi connectivity index (χ1n) is 25.8. The molecule has 8 aliphatic heterocycles. The molecule has 3 saturated heterocycles. The Labute approximate surface area is 375 Å². The lowest BCUT2D eigenvalue weighted by Crippen LogP contribution is -2.77. The third-order valence-electron chi connectivity index (χ3n) is 19.9. The van der Waals surface area contributed by atoms with Crippen molar-refractivity contribution >= 4 is 11.9 Å². The van der Waals surface area contributed by atoms with E-state index in [0.717, 1.165) is 113 Å². The SMILES string of the molecule is C[C@H]1CC=C2[C@@H]3C4=C5C[C@H](Cc6cccc(c6)CCCC[C@H]6[C@]57C(=O)O/C(=C\C[C@@H](C5CCCCC5)N5C[C@@H]8C[C@@H](CN2C8)C5)[C@@]7(CC4)[C@]62OC(=O)c4c(CCCN)cccc42)[C@H]31. The van der Waals surface area contributed by atoms with Crippen LogP contribution in [0.1, 0.15) is 136 Å². The summed E-state index contributed by atoms with van der Waals surface area (Å²) < 4.78 is 14.5. The first-order chi connectivity index (χ1) is 30.9. The molecule has 0 amide bonds. The molecule has 332 valence electrons. The van der Waals surface area contributed by atoms with Gasteiger partial charge in [-0.2, -0.15) is 0 Å². The minimum atomic E-state index is -0.965. The standard InChI is InChI=1S/C56H69N3O4/c1-34-19-20-46-51-42-23-24-54-48(22-21-45(39-13-3-2-4-14-39)58-30-37-27-38(31-58)33-59(46)32-37)62-53(61)55(54)44(42)29-41(49(34)51)28-36-12-7-11-35(26-36)10-5-6-18-47(55)56(54)43-17-8-15-40(16-9-25-57)50(43)52(60)63-56/h7-8,11-12,15,17,20,22,26,34,37-39,41,45,47,49,51H,2-6,9-10,13-14,16,18-19,21,23-25,27-33,57H2,1H3/b48-22-/t34-,37-,38+,41-,45-,47-,49+,51-,54+,55-,56+/m0/s1. The normalized spacial score (nSPS) is 41.9. The van der Waals surface area contributed by atoms with Crippen LogP contribution < -0.4 is 5.73 Å². The topological polar surface area (TPSA) is 85.1 Å². The molecule has 2 N–H and O–H groups in total. The average molecular weight is 848 g/mol. The molecule has 13 bridgehead atoms.